The maximum Gasteiger partial charge on any atom is 0.246 e. The van der Waals surface area contributed by atoms with Crippen LogP contribution in [0.1, 0.15) is 150 Å². The molecule has 0 bridgehead atoms. The first-order valence-electron chi connectivity index (χ1n) is 30.5. The van der Waals surface area contributed by atoms with Crippen LogP contribution >= 0.6 is 0 Å². The summed E-state index contributed by atoms with van der Waals surface area (Å²) in [6, 6.07) is -12.4. The van der Waals surface area contributed by atoms with Crippen LogP contribution in [-0.2, 0) is 57.5 Å². The Kier molecular flexibility index (Phi) is 31.8. The van der Waals surface area contributed by atoms with E-state index in [1.54, 1.807) is 55.4 Å². The molecule has 85 heavy (non-hydrogen) atoms. The molecular formula is C61H111N11O13. The second-order valence-corrected chi connectivity index (χ2v) is 25.8. The van der Waals surface area contributed by atoms with Gasteiger partial charge in [0.05, 0.1) is 12.6 Å². The number of ether oxygens (including phenoxy) is 1. The average molecular weight is 1210 g/mol. The van der Waals surface area contributed by atoms with E-state index in [4.69, 9.17) is 4.74 Å². The molecule has 1 heterocycles. The second kappa shape index (κ2) is 35.0. The van der Waals surface area contributed by atoms with Gasteiger partial charge < -0.3 is 65.4 Å². The van der Waals surface area contributed by atoms with Crippen molar-refractivity contribution in [1.82, 2.24) is 55.6 Å². The number of likely N-dealkylation sites (N-methyl/N-ethyl adjacent to an activating group) is 7. The molecule has 0 aromatic rings. The van der Waals surface area contributed by atoms with E-state index in [0.717, 1.165) is 9.80 Å². The van der Waals surface area contributed by atoms with Crippen LogP contribution < -0.4 is 21.3 Å². The third-order valence-electron chi connectivity index (χ3n) is 16.1. The number of hydrogen-bond donors (Lipinski definition) is 5. The monoisotopic (exact) mass is 1210 g/mol. The molecule has 24 nitrogen and oxygen atoms in total. The molecule has 1 rings (SSSR count). The Morgan fingerprint density at radius 1 is 0.459 bits per heavy atom. The predicted molar refractivity (Wildman–Crippen MR) is 326 cm³/mol. The molecule has 488 valence electrons. The van der Waals surface area contributed by atoms with Crippen LogP contribution in [-0.4, -0.2) is 240 Å². The average Bonchev–Trinajstić information content (AvgIpc) is 3.35. The smallest absolute Gasteiger partial charge is 0.246 e. The normalized spacial score (nSPS) is 26.8. The molecule has 1 saturated heterocycles. The van der Waals surface area contributed by atoms with Crippen molar-refractivity contribution in [1.29, 1.82) is 0 Å². The van der Waals surface area contributed by atoms with E-state index in [2.05, 4.69) is 21.3 Å². The molecule has 0 saturated carbocycles. The summed E-state index contributed by atoms with van der Waals surface area (Å²) in [6.07, 6.45) is -0.786. The van der Waals surface area contributed by atoms with Gasteiger partial charge in [-0.15, -0.1) is 0 Å². The van der Waals surface area contributed by atoms with E-state index in [9.17, 15) is 48.3 Å². The number of hydrogen-bond acceptors (Lipinski definition) is 13. The molecule has 24 heteroatoms. The van der Waals surface area contributed by atoms with Crippen LogP contribution in [0, 0.1) is 41.4 Å². The zero-order chi connectivity index (χ0) is 66.0. The molecule has 1 aliphatic heterocycles. The van der Waals surface area contributed by atoms with Crippen LogP contribution in [0.3, 0.4) is 0 Å². The van der Waals surface area contributed by atoms with Gasteiger partial charge in [0.15, 0.2) is 0 Å². The summed E-state index contributed by atoms with van der Waals surface area (Å²) in [5, 5.41) is 23.1. The quantitative estimate of drug-likeness (QED) is 0.139. The summed E-state index contributed by atoms with van der Waals surface area (Å²) in [5.41, 5.74) is 0. The zero-order valence-corrected chi connectivity index (χ0v) is 56.0. The van der Waals surface area contributed by atoms with Gasteiger partial charge in [-0.05, 0) is 94.3 Å². The Bertz CT molecular complexity index is 2280. The fourth-order valence-electron chi connectivity index (χ4n) is 10.8. The highest BCUT2D eigenvalue weighted by atomic mass is 16.5. The van der Waals surface area contributed by atoms with E-state index in [1.807, 2.05) is 48.5 Å². The number of rotatable bonds is 16. The summed E-state index contributed by atoms with van der Waals surface area (Å²) < 4.78 is 5.57. The van der Waals surface area contributed by atoms with Crippen molar-refractivity contribution in [2.75, 3.05) is 69.1 Å². The van der Waals surface area contributed by atoms with Crippen molar-refractivity contribution in [3.63, 3.8) is 0 Å². The lowest BCUT2D eigenvalue weighted by Crippen LogP contribution is -2.63. The molecule has 11 amide bonds. The highest BCUT2D eigenvalue weighted by Crippen LogP contribution is 2.25. The minimum atomic E-state index is -1.63. The van der Waals surface area contributed by atoms with Crippen LogP contribution in [0.15, 0.2) is 0 Å². The van der Waals surface area contributed by atoms with E-state index in [1.165, 1.54) is 87.7 Å². The van der Waals surface area contributed by atoms with Gasteiger partial charge >= 0.3 is 0 Å². The summed E-state index contributed by atoms with van der Waals surface area (Å²) in [5.74, 6) is -10.3. The lowest BCUT2D eigenvalue weighted by Gasteiger charge is -2.41. The first-order chi connectivity index (χ1) is 39.2. The van der Waals surface area contributed by atoms with Crippen molar-refractivity contribution in [2.45, 2.75) is 216 Å². The van der Waals surface area contributed by atoms with Crippen LogP contribution in [0.4, 0.5) is 0 Å². The van der Waals surface area contributed by atoms with Gasteiger partial charge in [-0.25, -0.2) is 0 Å². The van der Waals surface area contributed by atoms with E-state index >= 15 is 9.59 Å². The molecule has 0 radical (unpaired) electrons. The number of aliphatic hydroxyl groups excluding tert-OH is 1. The largest absolute Gasteiger partial charge is 0.390 e. The highest BCUT2D eigenvalue weighted by Gasteiger charge is 2.46. The van der Waals surface area contributed by atoms with E-state index in [-0.39, 0.29) is 56.5 Å². The first-order valence-corrected chi connectivity index (χ1v) is 30.5. The minimum Gasteiger partial charge on any atom is -0.390 e. The fraction of sp³-hybridized carbons (Fsp3) is 0.820. The minimum absolute atomic E-state index is 0.0134. The molecule has 1 fully saturated rings. The molecule has 5 N–H and O–H groups in total. The summed E-state index contributed by atoms with van der Waals surface area (Å²) in [4.78, 5) is 168. The van der Waals surface area contributed by atoms with E-state index in [0.29, 0.717) is 6.61 Å². The maximum absolute atomic E-state index is 15.1. The number of nitrogens with zero attached hydrogens (tertiary/aromatic N) is 7. The Morgan fingerprint density at radius 3 is 1.35 bits per heavy atom. The van der Waals surface area contributed by atoms with Crippen molar-refractivity contribution in [3.05, 3.63) is 0 Å². The molecule has 12 atom stereocenters. The van der Waals surface area contributed by atoms with Crippen LogP contribution in [0.25, 0.3) is 0 Å². The Labute approximate surface area is 508 Å². The second-order valence-electron chi connectivity index (χ2n) is 25.8. The Hall–Kier alpha value is -5.91. The molecule has 0 aromatic heterocycles. The van der Waals surface area contributed by atoms with Gasteiger partial charge in [-0.3, -0.25) is 52.7 Å². The van der Waals surface area contributed by atoms with Crippen molar-refractivity contribution in [2.24, 2.45) is 41.4 Å². The van der Waals surface area contributed by atoms with Gasteiger partial charge in [0.2, 0.25) is 65.0 Å². The molecule has 0 unspecified atom stereocenters. The van der Waals surface area contributed by atoms with Crippen molar-refractivity contribution >= 4 is 65.0 Å². The molecular weight excluding hydrogens is 1090 g/mol. The van der Waals surface area contributed by atoms with Gasteiger partial charge in [-0.2, -0.15) is 0 Å². The Balaban J connectivity index is 4.30. The van der Waals surface area contributed by atoms with Crippen LogP contribution in [0.2, 0.25) is 0 Å². The van der Waals surface area contributed by atoms with Crippen molar-refractivity contribution < 1.29 is 62.6 Å². The number of nitrogens with one attached hydrogen (secondary N) is 4. The topological polar surface area (TPSA) is 288 Å². The summed E-state index contributed by atoms with van der Waals surface area (Å²) >= 11 is 0. The van der Waals surface area contributed by atoms with Gasteiger partial charge in [0.25, 0.3) is 0 Å². The zero-order valence-electron chi connectivity index (χ0n) is 56.0. The van der Waals surface area contributed by atoms with Gasteiger partial charge in [0, 0.05) is 62.5 Å². The number of aliphatic hydroxyl groups is 1. The van der Waals surface area contributed by atoms with Crippen LogP contribution in [0.5, 0.6) is 0 Å². The highest BCUT2D eigenvalue weighted by molar-refractivity contribution is 5.99. The number of carbonyl (C=O) groups is 11. The van der Waals surface area contributed by atoms with Gasteiger partial charge in [0.1, 0.15) is 60.4 Å². The van der Waals surface area contributed by atoms with Crippen molar-refractivity contribution in [3.8, 4) is 0 Å². The first kappa shape index (κ1) is 77.1. The number of amides is 11. The predicted octanol–water partition coefficient (Wildman–Crippen LogP) is 2.34. The number of carbonyl (C=O) groups excluding carboxylic acids is 11. The lowest BCUT2D eigenvalue weighted by molar-refractivity contribution is -0.157. The van der Waals surface area contributed by atoms with Gasteiger partial charge in [-0.1, -0.05) is 96.9 Å². The standard InChI is InChI=1S/C61H111N11O13/c1-25-42-57(80)66(18)32-46(73)70(22)48(37(11)12)54(77)65-47(36(9)10)60(83)67(19)43(29-33(3)4)53(76)62-40(16)52(75)63-41(17)56(79)68(20)44(30-34(5)6)58(81)69(21)45(31-35(7)8)59(82)71(23)49(38(13)14)61(84)72(24)50(55(78)64-42)51(74)39(15)27-28-85-26-2/h33-45,47-51,74H,25-32H2,1-24H3,(H,62,76)(H,63,75)(H,64,78)(H,65,77)/t39-,40+,41-,42+,43+,44+,45+,47+,48+,49+,50+,51-/m1/s1. The third kappa shape index (κ3) is 21.5. The third-order valence-corrected chi connectivity index (χ3v) is 16.1. The maximum atomic E-state index is 15.1. The SMILES string of the molecule is CCOCC[C@@H](C)[C@@H](O)[C@H]1C(=O)N[C@@H](CC)C(=O)N(C)CC(=O)N(C)[C@@H](C(C)C)C(=O)N[C@@H](C(C)C)C(=O)N(C)[C@@H](CC(C)C)C(=O)N[C@@H](C)C(=O)N[C@H](C)C(=O)N(C)[C@@H](CC(C)C)C(=O)N(C)[C@@H](CC(C)C)C(=O)N(C)[C@@H](C(C)C)C(=O)N1C. The molecule has 1 aliphatic rings. The molecule has 0 aliphatic carbocycles. The summed E-state index contributed by atoms with van der Waals surface area (Å²) in [7, 11) is 9.86. The van der Waals surface area contributed by atoms with E-state index < -0.39 is 162 Å². The molecule has 0 aromatic carbocycles. The Morgan fingerprint density at radius 2 is 0.894 bits per heavy atom. The lowest BCUT2D eigenvalue weighted by atomic mass is 9.91. The molecule has 0 spiro atoms. The summed E-state index contributed by atoms with van der Waals surface area (Å²) in [6.45, 7) is 29.6. The fourth-order valence-corrected chi connectivity index (χ4v) is 10.8.